The van der Waals surface area contributed by atoms with Crippen LogP contribution in [0.25, 0.3) is 0 Å². The number of para-hydroxylation sites is 1. The van der Waals surface area contributed by atoms with Crippen molar-refractivity contribution in [1.29, 1.82) is 0 Å². The number of imide groups is 1. The van der Waals surface area contributed by atoms with Crippen molar-refractivity contribution in [3.8, 4) is 11.5 Å². The van der Waals surface area contributed by atoms with Crippen LogP contribution in [0.1, 0.15) is 10.4 Å². The summed E-state index contributed by atoms with van der Waals surface area (Å²) >= 11 is 18.7. The number of ether oxygens (including phenoxy) is 1. The van der Waals surface area contributed by atoms with E-state index in [9.17, 15) is 9.59 Å². The fourth-order valence-electron chi connectivity index (χ4n) is 2.21. The fraction of sp³-hybridized carbons (Fsp3) is 0. The zero-order valence-electron chi connectivity index (χ0n) is 14.1. The van der Waals surface area contributed by atoms with Crippen LogP contribution in [0.2, 0.25) is 15.1 Å². The molecular formula is C20H12Cl3NO3S. The van der Waals surface area contributed by atoms with Crippen molar-refractivity contribution in [2.24, 2.45) is 0 Å². The highest BCUT2D eigenvalue weighted by atomic mass is 35.5. The summed E-state index contributed by atoms with van der Waals surface area (Å²) in [6.07, 6.45) is 0. The SMILES string of the molecule is O=C(NC(=O)c1ccccc1Oc1ccc(Cl)cc1Cl)Sc1ccc(Cl)cc1. The molecule has 0 saturated heterocycles. The summed E-state index contributed by atoms with van der Waals surface area (Å²) in [5, 5.41) is 3.14. The van der Waals surface area contributed by atoms with E-state index in [2.05, 4.69) is 5.32 Å². The predicted molar refractivity (Wildman–Crippen MR) is 113 cm³/mol. The van der Waals surface area contributed by atoms with Crippen molar-refractivity contribution in [2.45, 2.75) is 4.90 Å². The second kappa shape index (κ2) is 9.34. The summed E-state index contributed by atoms with van der Waals surface area (Å²) in [4.78, 5) is 25.4. The first-order valence-electron chi connectivity index (χ1n) is 7.93. The minimum Gasteiger partial charge on any atom is -0.455 e. The van der Waals surface area contributed by atoms with Crippen molar-refractivity contribution in [3.05, 3.63) is 87.4 Å². The zero-order chi connectivity index (χ0) is 20.1. The maximum Gasteiger partial charge on any atom is 0.290 e. The van der Waals surface area contributed by atoms with Crippen LogP contribution in [0.4, 0.5) is 4.79 Å². The lowest BCUT2D eigenvalue weighted by Crippen LogP contribution is -2.27. The molecule has 3 rings (SSSR count). The van der Waals surface area contributed by atoms with E-state index in [0.717, 1.165) is 11.8 Å². The van der Waals surface area contributed by atoms with Crippen LogP contribution in [-0.4, -0.2) is 11.1 Å². The summed E-state index contributed by atoms with van der Waals surface area (Å²) in [6, 6.07) is 18.0. The van der Waals surface area contributed by atoms with E-state index in [0.29, 0.717) is 25.7 Å². The van der Waals surface area contributed by atoms with Crippen LogP contribution in [-0.2, 0) is 0 Å². The zero-order valence-corrected chi connectivity index (χ0v) is 17.2. The van der Waals surface area contributed by atoms with Crippen molar-refractivity contribution in [2.75, 3.05) is 0 Å². The molecule has 0 saturated carbocycles. The number of carbonyl (C=O) groups is 2. The molecule has 3 aromatic carbocycles. The Kier molecular flexibility index (Phi) is 6.86. The highest BCUT2D eigenvalue weighted by Gasteiger charge is 2.17. The van der Waals surface area contributed by atoms with E-state index in [1.54, 1.807) is 60.7 Å². The summed E-state index contributed by atoms with van der Waals surface area (Å²) in [5.74, 6) is 0.00819. The number of hydrogen-bond donors (Lipinski definition) is 1. The van der Waals surface area contributed by atoms with Gasteiger partial charge in [-0.05, 0) is 66.4 Å². The van der Waals surface area contributed by atoms with Crippen molar-refractivity contribution in [3.63, 3.8) is 0 Å². The van der Waals surface area contributed by atoms with Gasteiger partial charge in [-0.3, -0.25) is 14.9 Å². The Labute approximate surface area is 180 Å². The summed E-state index contributed by atoms with van der Waals surface area (Å²) in [7, 11) is 0. The normalized spacial score (nSPS) is 10.4. The topological polar surface area (TPSA) is 55.4 Å². The lowest BCUT2D eigenvalue weighted by atomic mass is 10.2. The number of nitrogens with one attached hydrogen (secondary N) is 1. The minimum atomic E-state index is -0.591. The first-order chi connectivity index (χ1) is 13.4. The molecule has 0 unspecified atom stereocenters. The third-order valence-electron chi connectivity index (χ3n) is 3.49. The second-order valence-electron chi connectivity index (χ2n) is 5.47. The molecule has 0 aliphatic carbocycles. The first-order valence-corrected chi connectivity index (χ1v) is 9.88. The highest BCUT2D eigenvalue weighted by Crippen LogP contribution is 2.33. The molecule has 8 heteroatoms. The second-order valence-corrected chi connectivity index (χ2v) is 7.80. The van der Waals surface area contributed by atoms with Gasteiger partial charge in [-0.25, -0.2) is 0 Å². The molecule has 28 heavy (non-hydrogen) atoms. The van der Waals surface area contributed by atoms with Crippen molar-refractivity contribution < 1.29 is 14.3 Å². The average Bonchev–Trinajstić information content (AvgIpc) is 2.66. The van der Waals surface area contributed by atoms with Crippen LogP contribution >= 0.6 is 46.6 Å². The van der Waals surface area contributed by atoms with E-state index < -0.39 is 11.1 Å². The maximum atomic E-state index is 12.5. The molecule has 0 bridgehead atoms. The van der Waals surface area contributed by atoms with Gasteiger partial charge in [0, 0.05) is 14.9 Å². The third kappa shape index (κ3) is 5.42. The smallest absolute Gasteiger partial charge is 0.290 e. The first kappa shape index (κ1) is 20.6. The van der Waals surface area contributed by atoms with E-state index in [1.165, 1.54) is 6.07 Å². The quantitative estimate of drug-likeness (QED) is 0.430. The number of amides is 2. The molecule has 0 heterocycles. The summed E-state index contributed by atoms with van der Waals surface area (Å²) < 4.78 is 5.75. The summed E-state index contributed by atoms with van der Waals surface area (Å²) in [6.45, 7) is 0. The Balaban J connectivity index is 1.73. The van der Waals surface area contributed by atoms with Crippen molar-refractivity contribution >= 4 is 57.7 Å². The predicted octanol–water partition coefficient (Wildman–Crippen LogP) is 7.08. The molecule has 2 amide bonds. The van der Waals surface area contributed by atoms with Gasteiger partial charge in [-0.15, -0.1) is 0 Å². The Bertz CT molecular complexity index is 1030. The van der Waals surface area contributed by atoms with Gasteiger partial charge in [0.2, 0.25) is 0 Å². The van der Waals surface area contributed by atoms with Gasteiger partial charge in [0.25, 0.3) is 11.1 Å². The number of carbonyl (C=O) groups excluding carboxylic acids is 2. The van der Waals surface area contributed by atoms with Gasteiger partial charge in [0.05, 0.1) is 10.6 Å². The molecule has 3 aromatic rings. The molecule has 0 fully saturated rings. The van der Waals surface area contributed by atoms with Gasteiger partial charge >= 0.3 is 0 Å². The standard InChI is InChI=1S/C20H12Cl3NO3S/c21-12-5-8-14(9-6-12)28-20(26)24-19(25)15-3-1-2-4-17(15)27-18-10-7-13(22)11-16(18)23/h1-11H,(H,24,25,26). The van der Waals surface area contributed by atoms with Gasteiger partial charge in [0.15, 0.2) is 0 Å². The molecule has 0 aromatic heterocycles. The fourth-order valence-corrected chi connectivity index (χ4v) is 3.42. The van der Waals surface area contributed by atoms with Gasteiger partial charge in [-0.2, -0.15) is 0 Å². The maximum absolute atomic E-state index is 12.5. The van der Waals surface area contributed by atoms with Gasteiger partial charge in [-0.1, -0.05) is 46.9 Å². The van der Waals surface area contributed by atoms with E-state index >= 15 is 0 Å². The molecule has 0 aliphatic rings. The van der Waals surface area contributed by atoms with E-state index in [4.69, 9.17) is 39.5 Å². The Morgan fingerprint density at radius 2 is 1.50 bits per heavy atom. The molecule has 142 valence electrons. The minimum absolute atomic E-state index is 0.193. The third-order valence-corrected chi connectivity index (χ3v) is 5.06. The molecular weight excluding hydrogens is 441 g/mol. The van der Waals surface area contributed by atoms with Crippen LogP contribution in [0.3, 0.4) is 0 Å². The van der Waals surface area contributed by atoms with E-state index in [1.807, 2.05) is 0 Å². The monoisotopic (exact) mass is 451 g/mol. The lowest BCUT2D eigenvalue weighted by Gasteiger charge is -2.12. The van der Waals surface area contributed by atoms with E-state index in [-0.39, 0.29) is 11.3 Å². The highest BCUT2D eigenvalue weighted by molar-refractivity contribution is 8.13. The number of thioether (sulfide) groups is 1. The van der Waals surface area contributed by atoms with Gasteiger partial charge < -0.3 is 4.74 Å². The molecule has 1 N–H and O–H groups in total. The number of benzene rings is 3. The molecule has 0 spiro atoms. The molecule has 0 radical (unpaired) electrons. The van der Waals surface area contributed by atoms with Gasteiger partial charge in [0.1, 0.15) is 11.5 Å². The van der Waals surface area contributed by atoms with Crippen molar-refractivity contribution in [1.82, 2.24) is 5.32 Å². The Morgan fingerprint density at radius 3 is 2.21 bits per heavy atom. The molecule has 0 atom stereocenters. The van der Waals surface area contributed by atoms with Crippen LogP contribution in [0.15, 0.2) is 71.6 Å². The molecule has 0 aliphatic heterocycles. The summed E-state index contributed by atoms with van der Waals surface area (Å²) in [5.41, 5.74) is 0.193. The molecule has 4 nitrogen and oxygen atoms in total. The van der Waals surface area contributed by atoms with Crippen LogP contribution < -0.4 is 10.1 Å². The largest absolute Gasteiger partial charge is 0.455 e. The van der Waals surface area contributed by atoms with Crippen LogP contribution in [0, 0.1) is 0 Å². The Hall–Kier alpha value is -2.18. The number of rotatable bonds is 4. The average molecular weight is 453 g/mol. The Morgan fingerprint density at radius 1 is 0.821 bits per heavy atom. The number of hydrogen-bond acceptors (Lipinski definition) is 4. The number of halogens is 3. The van der Waals surface area contributed by atoms with Crippen LogP contribution in [0.5, 0.6) is 11.5 Å². The lowest BCUT2D eigenvalue weighted by molar-refractivity contribution is 0.0967.